The van der Waals surface area contributed by atoms with Crippen LogP contribution in [0.5, 0.6) is 0 Å². The minimum atomic E-state index is -0.715. The molecule has 1 fully saturated rings. The van der Waals surface area contributed by atoms with E-state index in [9.17, 15) is 4.79 Å². The van der Waals surface area contributed by atoms with Crippen LogP contribution in [0.25, 0.3) is 0 Å². The standard InChI is InChI=1S/C14H24N4O3/c1-14(2,15)12-11(9-21-16-12)13(19)18-5-6-20-10(8-18)7-17(3)4/h9-10H,5-8,15H2,1-4H3. The summed E-state index contributed by atoms with van der Waals surface area (Å²) in [5.41, 5.74) is 6.25. The molecule has 7 heteroatoms. The van der Waals surface area contributed by atoms with E-state index in [2.05, 4.69) is 5.16 Å². The minimum Gasteiger partial charge on any atom is -0.373 e. The molecule has 2 N–H and O–H groups in total. The fraction of sp³-hybridized carbons (Fsp3) is 0.714. The largest absolute Gasteiger partial charge is 0.373 e. The molecule has 0 saturated carbocycles. The van der Waals surface area contributed by atoms with E-state index in [1.165, 1.54) is 6.26 Å². The first-order valence-electron chi connectivity index (χ1n) is 7.08. The van der Waals surface area contributed by atoms with E-state index in [0.29, 0.717) is 31.0 Å². The monoisotopic (exact) mass is 296 g/mol. The summed E-state index contributed by atoms with van der Waals surface area (Å²) in [4.78, 5) is 16.5. The van der Waals surface area contributed by atoms with Crippen molar-refractivity contribution in [1.82, 2.24) is 15.0 Å². The third kappa shape index (κ3) is 3.81. The zero-order valence-electron chi connectivity index (χ0n) is 13.1. The van der Waals surface area contributed by atoms with Gasteiger partial charge in [0.15, 0.2) is 0 Å². The van der Waals surface area contributed by atoms with Crippen molar-refractivity contribution >= 4 is 5.91 Å². The highest BCUT2D eigenvalue weighted by atomic mass is 16.5. The highest BCUT2D eigenvalue weighted by molar-refractivity contribution is 5.95. The Hall–Kier alpha value is -1.44. The lowest BCUT2D eigenvalue weighted by molar-refractivity contribution is -0.0307. The molecule has 0 bridgehead atoms. The number of nitrogens with two attached hydrogens (primary N) is 1. The average molecular weight is 296 g/mol. The van der Waals surface area contributed by atoms with Gasteiger partial charge in [0, 0.05) is 19.6 Å². The van der Waals surface area contributed by atoms with Crippen LogP contribution in [0.15, 0.2) is 10.8 Å². The Morgan fingerprint density at radius 2 is 2.29 bits per heavy atom. The lowest BCUT2D eigenvalue weighted by Crippen LogP contribution is -2.49. The number of aromatic nitrogens is 1. The normalized spacial score (nSPS) is 20.1. The second-order valence-electron chi connectivity index (χ2n) is 6.30. The quantitative estimate of drug-likeness (QED) is 0.858. The van der Waals surface area contributed by atoms with Crippen LogP contribution in [-0.2, 0) is 10.3 Å². The molecule has 1 aromatic heterocycles. The number of nitrogens with zero attached hydrogens (tertiary/aromatic N) is 3. The van der Waals surface area contributed by atoms with Gasteiger partial charge in [-0.25, -0.2) is 0 Å². The molecule has 1 aliphatic heterocycles. The van der Waals surface area contributed by atoms with Gasteiger partial charge in [0.05, 0.1) is 18.2 Å². The molecule has 0 aromatic carbocycles. The van der Waals surface area contributed by atoms with E-state index in [1.807, 2.05) is 19.0 Å². The molecule has 0 spiro atoms. The SMILES string of the molecule is CN(C)CC1CN(C(=O)c2conc2C(C)(C)N)CCO1. The number of hydrogen-bond acceptors (Lipinski definition) is 6. The van der Waals surface area contributed by atoms with Gasteiger partial charge in [0.1, 0.15) is 17.5 Å². The van der Waals surface area contributed by atoms with Gasteiger partial charge in [-0.05, 0) is 27.9 Å². The maximum absolute atomic E-state index is 12.7. The molecule has 7 nitrogen and oxygen atoms in total. The van der Waals surface area contributed by atoms with Crippen molar-refractivity contribution in [2.75, 3.05) is 40.3 Å². The predicted octanol–water partition coefficient (Wildman–Crippen LogP) is 0.271. The lowest BCUT2D eigenvalue weighted by Gasteiger charge is -2.34. The molecule has 1 saturated heterocycles. The summed E-state index contributed by atoms with van der Waals surface area (Å²) in [7, 11) is 3.97. The highest BCUT2D eigenvalue weighted by Crippen LogP contribution is 2.22. The van der Waals surface area contributed by atoms with E-state index in [0.717, 1.165) is 6.54 Å². The van der Waals surface area contributed by atoms with Gasteiger partial charge >= 0.3 is 0 Å². The lowest BCUT2D eigenvalue weighted by atomic mass is 9.98. The predicted molar refractivity (Wildman–Crippen MR) is 77.9 cm³/mol. The second kappa shape index (κ2) is 6.13. The summed E-state index contributed by atoms with van der Waals surface area (Å²) >= 11 is 0. The number of amides is 1. The van der Waals surface area contributed by atoms with E-state index in [-0.39, 0.29) is 12.0 Å². The second-order valence-corrected chi connectivity index (χ2v) is 6.30. The van der Waals surface area contributed by atoms with Gasteiger partial charge in [-0.1, -0.05) is 5.16 Å². The fourth-order valence-electron chi connectivity index (χ4n) is 2.45. The fourth-order valence-corrected chi connectivity index (χ4v) is 2.45. The first kappa shape index (κ1) is 15.9. The van der Waals surface area contributed by atoms with E-state index in [4.69, 9.17) is 15.0 Å². The Bertz CT molecular complexity index is 493. The van der Waals surface area contributed by atoms with Crippen LogP contribution in [0.3, 0.4) is 0 Å². The van der Waals surface area contributed by atoms with Crippen molar-refractivity contribution in [2.24, 2.45) is 5.73 Å². The van der Waals surface area contributed by atoms with E-state index >= 15 is 0 Å². The van der Waals surface area contributed by atoms with Crippen molar-refractivity contribution in [3.8, 4) is 0 Å². The molecule has 1 unspecified atom stereocenters. The molecule has 1 atom stereocenters. The zero-order valence-corrected chi connectivity index (χ0v) is 13.1. The molecule has 2 rings (SSSR count). The molecule has 0 aliphatic carbocycles. The highest BCUT2D eigenvalue weighted by Gasteiger charge is 2.31. The van der Waals surface area contributed by atoms with Crippen LogP contribution in [-0.4, -0.2) is 67.3 Å². The van der Waals surface area contributed by atoms with Gasteiger partial charge in [-0.15, -0.1) is 0 Å². The molecule has 2 heterocycles. The molecule has 118 valence electrons. The number of likely N-dealkylation sites (N-methyl/N-ethyl adjacent to an activating group) is 1. The Labute approximate surface area is 125 Å². The summed E-state index contributed by atoms with van der Waals surface area (Å²) in [6.07, 6.45) is 1.40. The van der Waals surface area contributed by atoms with Gasteiger partial charge < -0.3 is 24.8 Å². The molecule has 21 heavy (non-hydrogen) atoms. The van der Waals surface area contributed by atoms with Crippen molar-refractivity contribution in [3.63, 3.8) is 0 Å². The van der Waals surface area contributed by atoms with Gasteiger partial charge in [0.2, 0.25) is 0 Å². The number of carbonyl (C=O) groups excluding carboxylic acids is 1. The Kier molecular flexibility index (Phi) is 4.65. The van der Waals surface area contributed by atoms with E-state index in [1.54, 1.807) is 18.7 Å². The van der Waals surface area contributed by atoms with Crippen molar-refractivity contribution in [3.05, 3.63) is 17.5 Å². The van der Waals surface area contributed by atoms with Crippen LogP contribution >= 0.6 is 0 Å². The smallest absolute Gasteiger partial charge is 0.259 e. The number of hydrogen-bond donors (Lipinski definition) is 1. The van der Waals surface area contributed by atoms with Crippen LogP contribution < -0.4 is 5.73 Å². The molecule has 1 amide bonds. The number of morpholine rings is 1. The Morgan fingerprint density at radius 1 is 1.57 bits per heavy atom. The maximum Gasteiger partial charge on any atom is 0.259 e. The molecule has 1 aliphatic rings. The van der Waals surface area contributed by atoms with Crippen LogP contribution in [0.1, 0.15) is 29.9 Å². The van der Waals surface area contributed by atoms with Crippen LogP contribution in [0.2, 0.25) is 0 Å². The number of ether oxygens (including phenoxy) is 1. The van der Waals surface area contributed by atoms with Gasteiger partial charge in [0.25, 0.3) is 5.91 Å². The number of rotatable bonds is 4. The molecular formula is C14H24N4O3. The van der Waals surface area contributed by atoms with Gasteiger partial charge in [-0.3, -0.25) is 4.79 Å². The van der Waals surface area contributed by atoms with Gasteiger partial charge in [-0.2, -0.15) is 0 Å². The van der Waals surface area contributed by atoms with Crippen molar-refractivity contribution in [2.45, 2.75) is 25.5 Å². The average Bonchev–Trinajstić information content (AvgIpc) is 2.86. The molecule has 1 aromatic rings. The maximum atomic E-state index is 12.7. The Morgan fingerprint density at radius 3 is 2.90 bits per heavy atom. The minimum absolute atomic E-state index is 0.0203. The summed E-state index contributed by atoms with van der Waals surface area (Å²) in [6.45, 7) is 6.05. The summed E-state index contributed by atoms with van der Waals surface area (Å²) in [5.74, 6) is -0.100. The summed E-state index contributed by atoms with van der Waals surface area (Å²) in [6, 6.07) is 0. The van der Waals surface area contributed by atoms with Crippen molar-refractivity contribution in [1.29, 1.82) is 0 Å². The molecular weight excluding hydrogens is 272 g/mol. The zero-order chi connectivity index (χ0) is 15.6. The summed E-state index contributed by atoms with van der Waals surface area (Å²) < 4.78 is 10.6. The third-order valence-electron chi connectivity index (χ3n) is 3.41. The summed E-state index contributed by atoms with van der Waals surface area (Å²) in [5, 5.41) is 3.88. The van der Waals surface area contributed by atoms with E-state index < -0.39 is 5.54 Å². The topological polar surface area (TPSA) is 84.8 Å². The van der Waals surface area contributed by atoms with Crippen LogP contribution in [0, 0.1) is 0 Å². The molecule has 0 radical (unpaired) electrons. The Balaban J connectivity index is 2.11. The third-order valence-corrected chi connectivity index (χ3v) is 3.41. The first-order chi connectivity index (χ1) is 9.79. The van der Waals surface area contributed by atoms with Crippen LogP contribution in [0.4, 0.5) is 0 Å². The van der Waals surface area contributed by atoms with Crippen molar-refractivity contribution < 1.29 is 14.1 Å². The first-order valence-corrected chi connectivity index (χ1v) is 7.08. The number of carbonyl (C=O) groups is 1.